The molecule has 0 bridgehead atoms. The van der Waals surface area contributed by atoms with Crippen molar-refractivity contribution in [2.24, 2.45) is 5.84 Å². The van der Waals surface area contributed by atoms with Gasteiger partial charge in [-0.3, -0.25) is 11.3 Å². The number of thiophene rings is 1. The lowest BCUT2D eigenvalue weighted by Crippen LogP contribution is -2.29. The minimum absolute atomic E-state index is 0.231. The molecule has 6 heteroatoms. The zero-order valence-corrected chi connectivity index (χ0v) is 11.6. The van der Waals surface area contributed by atoms with Crippen LogP contribution in [-0.2, 0) is 6.42 Å². The van der Waals surface area contributed by atoms with Gasteiger partial charge in [0, 0.05) is 9.90 Å². The second-order valence-electron chi connectivity index (χ2n) is 3.79. The van der Waals surface area contributed by atoms with Crippen LogP contribution >= 0.6 is 34.5 Å². The van der Waals surface area contributed by atoms with Crippen LogP contribution in [0, 0.1) is 5.82 Å². The fraction of sp³-hybridized carbons (Fsp3) is 0.167. The SMILES string of the molecule is NNC(Cc1cc(Cl)ccc1F)c1sccc1Cl. The van der Waals surface area contributed by atoms with Crippen LogP contribution in [-0.4, -0.2) is 0 Å². The molecule has 2 aromatic rings. The van der Waals surface area contributed by atoms with Crippen molar-refractivity contribution in [1.29, 1.82) is 0 Å². The average molecular weight is 305 g/mol. The number of hydrogen-bond donors (Lipinski definition) is 2. The number of benzene rings is 1. The molecule has 0 saturated heterocycles. The van der Waals surface area contributed by atoms with Gasteiger partial charge in [-0.1, -0.05) is 23.2 Å². The number of hydrogen-bond acceptors (Lipinski definition) is 3. The molecular formula is C12H11Cl2FN2S. The van der Waals surface area contributed by atoms with Crippen LogP contribution in [0.5, 0.6) is 0 Å². The summed E-state index contributed by atoms with van der Waals surface area (Å²) in [6.45, 7) is 0. The van der Waals surface area contributed by atoms with Crippen molar-refractivity contribution in [3.8, 4) is 0 Å². The van der Waals surface area contributed by atoms with Gasteiger partial charge in [0.15, 0.2) is 0 Å². The Kier molecular flexibility index (Phi) is 4.59. The van der Waals surface area contributed by atoms with Crippen LogP contribution < -0.4 is 11.3 Å². The van der Waals surface area contributed by atoms with Crippen molar-refractivity contribution in [2.75, 3.05) is 0 Å². The molecule has 3 N–H and O–H groups in total. The summed E-state index contributed by atoms with van der Waals surface area (Å²) in [5.41, 5.74) is 3.17. The van der Waals surface area contributed by atoms with E-state index in [1.54, 1.807) is 12.1 Å². The predicted molar refractivity (Wildman–Crippen MR) is 74.5 cm³/mol. The molecule has 0 saturated carbocycles. The Balaban J connectivity index is 2.26. The zero-order chi connectivity index (χ0) is 13.1. The first kappa shape index (κ1) is 13.8. The summed E-state index contributed by atoms with van der Waals surface area (Å²) in [4.78, 5) is 0.888. The normalized spacial score (nSPS) is 12.7. The Bertz CT molecular complexity index is 545. The lowest BCUT2D eigenvalue weighted by molar-refractivity contribution is 0.535. The van der Waals surface area contributed by atoms with Gasteiger partial charge < -0.3 is 0 Å². The van der Waals surface area contributed by atoms with Gasteiger partial charge in [0.05, 0.1) is 11.1 Å². The monoisotopic (exact) mass is 304 g/mol. The molecule has 0 amide bonds. The van der Waals surface area contributed by atoms with Crippen LogP contribution in [0.1, 0.15) is 16.5 Å². The smallest absolute Gasteiger partial charge is 0.126 e. The number of hydrazine groups is 1. The van der Waals surface area contributed by atoms with Crippen molar-refractivity contribution >= 4 is 34.5 Å². The van der Waals surface area contributed by atoms with E-state index in [4.69, 9.17) is 29.0 Å². The van der Waals surface area contributed by atoms with E-state index in [0.717, 1.165) is 4.88 Å². The molecule has 96 valence electrons. The molecule has 0 aliphatic carbocycles. The lowest BCUT2D eigenvalue weighted by Gasteiger charge is -2.15. The molecule has 1 atom stereocenters. The maximum Gasteiger partial charge on any atom is 0.126 e. The summed E-state index contributed by atoms with van der Waals surface area (Å²) in [5, 5.41) is 3.00. The first-order valence-corrected chi connectivity index (χ1v) is 6.88. The highest BCUT2D eigenvalue weighted by Crippen LogP contribution is 2.31. The van der Waals surface area contributed by atoms with Crippen LogP contribution in [0.2, 0.25) is 10.0 Å². The summed E-state index contributed by atoms with van der Waals surface area (Å²) in [7, 11) is 0. The first-order valence-electron chi connectivity index (χ1n) is 5.24. The first-order chi connectivity index (χ1) is 8.61. The summed E-state index contributed by atoms with van der Waals surface area (Å²) in [6, 6.07) is 6.03. The highest BCUT2D eigenvalue weighted by atomic mass is 35.5. The molecule has 1 aromatic heterocycles. The van der Waals surface area contributed by atoms with Gasteiger partial charge in [-0.2, -0.15) is 0 Å². The minimum atomic E-state index is -0.299. The Hall–Kier alpha value is -0.650. The van der Waals surface area contributed by atoms with Gasteiger partial charge in [-0.25, -0.2) is 4.39 Å². The molecule has 1 heterocycles. The number of nitrogens with two attached hydrogens (primary N) is 1. The Labute approximate surface area is 118 Å². The van der Waals surface area contributed by atoms with Crippen molar-refractivity contribution < 1.29 is 4.39 Å². The molecule has 0 spiro atoms. The predicted octanol–water partition coefficient (Wildman–Crippen LogP) is 3.94. The largest absolute Gasteiger partial charge is 0.271 e. The van der Waals surface area contributed by atoms with Crippen molar-refractivity contribution in [2.45, 2.75) is 12.5 Å². The van der Waals surface area contributed by atoms with E-state index in [9.17, 15) is 4.39 Å². The number of nitrogens with one attached hydrogen (secondary N) is 1. The topological polar surface area (TPSA) is 38.0 Å². The van der Waals surface area contributed by atoms with Crippen LogP contribution in [0.4, 0.5) is 4.39 Å². The standard InChI is InChI=1S/C12H11Cl2FN2S/c13-8-1-2-10(15)7(5-8)6-11(17-16)12-9(14)3-4-18-12/h1-5,11,17H,6,16H2. The van der Waals surface area contributed by atoms with E-state index < -0.39 is 0 Å². The second-order valence-corrected chi connectivity index (χ2v) is 5.58. The van der Waals surface area contributed by atoms with Crippen LogP contribution in [0.3, 0.4) is 0 Å². The molecule has 2 nitrogen and oxygen atoms in total. The van der Waals surface area contributed by atoms with Crippen LogP contribution in [0.25, 0.3) is 0 Å². The third-order valence-corrected chi connectivity index (χ3v) is 4.30. The number of halogens is 3. The molecule has 0 aliphatic heterocycles. The maximum atomic E-state index is 13.7. The quantitative estimate of drug-likeness (QED) is 0.663. The average Bonchev–Trinajstić information content (AvgIpc) is 2.77. The molecule has 0 radical (unpaired) electrons. The second kappa shape index (κ2) is 5.99. The Morgan fingerprint density at radius 1 is 1.33 bits per heavy atom. The molecule has 1 unspecified atom stereocenters. The van der Waals surface area contributed by atoms with Crippen molar-refractivity contribution in [1.82, 2.24) is 5.43 Å². The fourth-order valence-electron chi connectivity index (χ4n) is 1.70. The van der Waals surface area contributed by atoms with Crippen molar-refractivity contribution in [3.63, 3.8) is 0 Å². The molecule has 0 aliphatic rings. The van der Waals surface area contributed by atoms with E-state index in [2.05, 4.69) is 5.43 Å². The van der Waals surface area contributed by atoms with E-state index >= 15 is 0 Å². The molecular weight excluding hydrogens is 294 g/mol. The van der Waals surface area contributed by atoms with E-state index in [-0.39, 0.29) is 11.9 Å². The van der Waals surface area contributed by atoms with Gasteiger partial charge in [0.2, 0.25) is 0 Å². The minimum Gasteiger partial charge on any atom is -0.271 e. The number of rotatable bonds is 4. The molecule has 1 aromatic carbocycles. The molecule has 0 fully saturated rings. The van der Waals surface area contributed by atoms with Gasteiger partial charge in [0.25, 0.3) is 0 Å². The maximum absolute atomic E-state index is 13.7. The van der Waals surface area contributed by atoms with Gasteiger partial charge in [0.1, 0.15) is 5.82 Å². The van der Waals surface area contributed by atoms with E-state index in [0.29, 0.717) is 22.0 Å². The highest BCUT2D eigenvalue weighted by molar-refractivity contribution is 7.10. The summed E-state index contributed by atoms with van der Waals surface area (Å²) < 4.78 is 13.7. The Morgan fingerprint density at radius 2 is 2.11 bits per heavy atom. The highest BCUT2D eigenvalue weighted by Gasteiger charge is 2.17. The van der Waals surface area contributed by atoms with E-state index in [1.807, 2.05) is 5.38 Å². The third kappa shape index (κ3) is 3.02. The molecule has 2 rings (SSSR count). The zero-order valence-electron chi connectivity index (χ0n) is 9.29. The van der Waals surface area contributed by atoms with Gasteiger partial charge >= 0.3 is 0 Å². The fourth-order valence-corrected chi connectivity index (χ4v) is 3.15. The summed E-state index contributed by atoms with van der Waals surface area (Å²) >= 11 is 13.4. The van der Waals surface area contributed by atoms with E-state index in [1.165, 1.54) is 23.5 Å². The van der Waals surface area contributed by atoms with Crippen LogP contribution in [0.15, 0.2) is 29.6 Å². The van der Waals surface area contributed by atoms with Crippen molar-refractivity contribution in [3.05, 3.63) is 55.9 Å². The summed E-state index contributed by atoms with van der Waals surface area (Å²) in [6.07, 6.45) is 0.392. The molecule has 18 heavy (non-hydrogen) atoms. The summed E-state index contributed by atoms with van der Waals surface area (Å²) in [5.74, 6) is 5.21. The Morgan fingerprint density at radius 3 is 2.72 bits per heavy atom. The van der Waals surface area contributed by atoms with Gasteiger partial charge in [-0.05, 0) is 41.6 Å². The van der Waals surface area contributed by atoms with Gasteiger partial charge in [-0.15, -0.1) is 11.3 Å². The lowest BCUT2D eigenvalue weighted by atomic mass is 10.0. The third-order valence-electron chi connectivity index (χ3n) is 2.59.